The monoisotopic (exact) mass is 639 g/mol. The molecule has 2 rings (SSSR count). The summed E-state index contributed by atoms with van der Waals surface area (Å²) in [7, 11) is 1.68. The van der Waals surface area contributed by atoms with E-state index in [0.717, 1.165) is 11.1 Å². The molecule has 2 aromatic carbocycles. The van der Waals surface area contributed by atoms with Crippen LogP contribution in [0.3, 0.4) is 0 Å². The lowest BCUT2D eigenvalue weighted by Crippen LogP contribution is -2.55. The van der Waals surface area contributed by atoms with Gasteiger partial charge in [0.2, 0.25) is 23.6 Å². The van der Waals surface area contributed by atoms with Crippen LogP contribution in [0.25, 0.3) is 0 Å². The molecule has 0 aliphatic rings. The van der Waals surface area contributed by atoms with E-state index in [9.17, 15) is 29.1 Å². The topological polar surface area (TPSA) is 166 Å². The number of ether oxygens (including phenoxy) is 1. The summed E-state index contributed by atoms with van der Waals surface area (Å²) < 4.78 is 5.39. The van der Waals surface area contributed by atoms with E-state index in [4.69, 9.17) is 4.74 Å². The summed E-state index contributed by atoms with van der Waals surface area (Å²) in [5, 5.41) is 20.4. The predicted molar refractivity (Wildman–Crippen MR) is 174 cm³/mol. The Morgan fingerprint density at radius 1 is 0.826 bits per heavy atom. The molecule has 12 heteroatoms. The maximum atomic E-state index is 13.7. The third kappa shape index (κ3) is 14.1. The smallest absolute Gasteiger partial charge is 0.408 e. The largest absolute Gasteiger partial charge is 0.444 e. The minimum Gasteiger partial charge on any atom is -0.444 e. The van der Waals surface area contributed by atoms with Crippen LogP contribution in [0, 0.1) is 0 Å². The van der Waals surface area contributed by atoms with Gasteiger partial charge in [-0.3, -0.25) is 19.2 Å². The lowest BCUT2D eigenvalue weighted by Gasteiger charge is -2.28. The summed E-state index contributed by atoms with van der Waals surface area (Å²) in [6, 6.07) is 15.8. The van der Waals surface area contributed by atoms with E-state index >= 15 is 0 Å². The van der Waals surface area contributed by atoms with Gasteiger partial charge >= 0.3 is 6.09 Å². The SMILES string of the molecule is CC(=O)NC(C(=O)NCCCCC(NC(=O)OC(C)(C)C)C(=O)N[C@H](Cc1ccccc1)C(=O)N(C)Cc1ccccc1)C(C)O. The van der Waals surface area contributed by atoms with Crippen LogP contribution in [0.4, 0.5) is 4.79 Å². The molecule has 5 N–H and O–H groups in total. The molecular weight excluding hydrogens is 590 g/mol. The summed E-state index contributed by atoms with van der Waals surface area (Å²) in [5.74, 6) is -1.81. The predicted octanol–water partition coefficient (Wildman–Crippen LogP) is 2.44. The van der Waals surface area contributed by atoms with Gasteiger partial charge in [0.15, 0.2) is 0 Å². The van der Waals surface area contributed by atoms with Crippen LogP contribution < -0.4 is 21.3 Å². The average molecular weight is 640 g/mol. The van der Waals surface area contributed by atoms with Crippen LogP contribution >= 0.6 is 0 Å². The summed E-state index contributed by atoms with van der Waals surface area (Å²) >= 11 is 0. The zero-order chi connectivity index (χ0) is 34.3. The van der Waals surface area contributed by atoms with Crippen molar-refractivity contribution in [3.63, 3.8) is 0 Å². The standard InChI is InChI=1S/C34H49N5O7/c1-23(40)29(36-24(2)41)31(43)35-20-14-13-19-27(38-33(45)46-34(3,4)5)30(42)37-28(21-25-15-9-7-10-16-25)32(44)39(6)22-26-17-11-8-12-18-26/h7-12,15-18,23,27-29,40H,13-14,19-22H2,1-6H3,(H,35,43)(H,36,41)(H,37,42)(H,38,45)/t23?,27?,28-,29?/m1/s1. The highest BCUT2D eigenvalue weighted by Crippen LogP contribution is 2.12. The second-order valence-electron chi connectivity index (χ2n) is 12.3. The average Bonchev–Trinajstić information content (AvgIpc) is 2.98. The maximum absolute atomic E-state index is 13.7. The number of carbonyl (C=O) groups excluding carboxylic acids is 5. The Bertz CT molecular complexity index is 1280. The fourth-order valence-electron chi connectivity index (χ4n) is 4.66. The molecule has 4 atom stereocenters. The fourth-order valence-corrected chi connectivity index (χ4v) is 4.66. The maximum Gasteiger partial charge on any atom is 0.408 e. The van der Waals surface area contributed by atoms with E-state index in [-0.39, 0.29) is 25.3 Å². The van der Waals surface area contributed by atoms with Crippen LogP contribution in [0.15, 0.2) is 60.7 Å². The minimum atomic E-state index is -1.09. The molecule has 0 fully saturated rings. The van der Waals surface area contributed by atoms with Gasteiger partial charge in [0.05, 0.1) is 6.10 Å². The number of hydrogen-bond donors (Lipinski definition) is 5. The zero-order valence-electron chi connectivity index (χ0n) is 27.7. The van der Waals surface area contributed by atoms with Gasteiger partial charge in [-0.2, -0.15) is 0 Å². The van der Waals surface area contributed by atoms with E-state index in [1.807, 2.05) is 60.7 Å². The van der Waals surface area contributed by atoms with E-state index in [0.29, 0.717) is 19.4 Å². The van der Waals surface area contributed by atoms with Gasteiger partial charge in [0, 0.05) is 33.5 Å². The zero-order valence-corrected chi connectivity index (χ0v) is 27.7. The summed E-state index contributed by atoms with van der Waals surface area (Å²) in [5.41, 5.74) is 1.00. The second-order valence-corrected chi connectivity index (χ2v) is 12.3. The molecule has 0 saturated carbocycles. The number of alkyl carbamates (subject to hydrolysis) is 1. The number of rotatable bonds is 16. The molecule has 0 bridgehead atoms. The molecule has 5 amide bonds. The van der Waals surface area contributed by atoms with Gasteiger partial charge in [-0.1, -0.05) is 60.7 Å². The Balaban J connectivity index is 2.14. The molecule has 0 spiro atoms. The highest BCUT2D eigenvalue weighted by Gasteiger charge is 2.30. The molecule has 0 aromatic heterocycles. The van der Waals surface area contributed by atoms with Gasteiger partial charge in [0.25, 0.3) is 0 Å². The lowest BCUT2D eigenvalue weighted by atomic mass is 10.0. The molecule has 2 aromatic rings. The normalized spacial score (nSPS) is 13.7. The van der Waals surface area contributed by atoms with Crippen molar-refractivity contribution < 1.29 is 33.8 Å². The number of unbranched alkanes of at least 4 members (excludes halogenated alkanes) is 1. The van der Waals surface area contributed by atoms with Crippen LogP contribution in [-0.4, -0.2) is 83.2 Å². The number of nitrogens with one attached hydrogen (secondary N) is 4. The number of carbonyl (C=O) groups is 5. The first-order valence-electron chi connectivity index (χ1n) is 15.5. The summed E-state index contributed by atoms with van der Waals surface area (Å²) in [6.07, 6.45) is -0.576. The van der Waals surface area contributed by atoms with Gasteiger partial charge in [0.1, 0.15) is 23.7 Å². The Morgan fingerprint density at radius 3 is 1.96 bits per heavy atom. The van der Waals surface area contributed by atoms with E-state index in [1.54, 1.807) is 32.7 Å². The first-order chi connectivity index (χ1) is 21.7. The number of hydrogen-bond acceptors (Lipinski definition) is 7. The van der Waals surface area contributed by atoms with Crippen molar-refractivity contribution in [3.8, 4) is 0 Å². The quantitative estimate of drug-likeness (QED) is 0.176. The molecular formula is C34H49N5O7. The van der Waals surface area contributed by atoms with Crippen molar-refractivity contribution in [2.45, 2.75) is 96.7 Å². The van der Waals surface area contributed by atoms with Gasteiger partial charge in [-0.15, -0.1) is 0 Å². The van der Waals surface area contributed by atoms with Crippen molar-refractivity contribution >= 4 is 29.7 Å². The number of nitrogens with zero attached hydrogens (tertiary/aromatic N) is 1. The van der Waals surface area contributed by atoms with E-state index in [2.05, 4.69) is 21.3 Å². The first-order valence-corrected chi connectivity index (χ1v) is 15.5. The Hall–Kier alpha value is -4.45. The summed E-state index contributed by atoms with van der Waals surface area (Å²) in [4.78, 5) is 65.4. The number of aliphatic hydroxyl groups excluding tert-OH is 1. The van der Waals surface area contributed by atoms with Crippen molar-refractivity contribution in [2.24, 2.45) is 0 Å². The molecule has 3 unspecified atom stereocenters. The highest BCUT2D eigenvalue weighted by molar-refractivity contribution is 5.91. The van der Waals surface area contributed by atoms with Gasteiger partial charge < -0.3 is 36.0 Å². The van der Waals surface area contributed by atoms with Crippen molar-refractivity contribution in [1.82, 2.24) is 26.2 Å². The molecule has 0 radical (unpaired) electrons. The number of likely N-dealkylation sites (N-methyl/N-ethyl adjacent to an activating group) is 1. The molecule has 46 heavy (non-hydrogen) atoms. The van der Waals surface area contributed by atoms with Gasteiger partial charge in [-0.05, 0) is 58.1 Å². The Kier molecular flexibility index (Phi) is 15.2. The second kappa shape index (κ2) is 18.5. The Labute approximate surface area is 271 Å². The molecule has 252 valence electrons. The first kappa shape index (κ1) is 37.7. The molecule has 0 aliphatic heterocycles. The number of aliphatic hydroxyl groups is 1. The Morgan fingerprint density at radius 2 is 1.41 bits per heavy atom. The van der Waals surface area contributed by atoms with Crippen LogP contribution in [0.5, 0.6) is 0 Å². The number of amides is 5. The van der Waals surface area contributed by atoms with Gasteiger partial charge in [-0.25, -0.2) is 4.79 Å². The third-order valence-corrected chi connectivity index (χ3v) is 6.89. The molecule has 12 nitrogen and oxygen atoms in total. The van der Waals surface area contributed by atoms with Crippen molar-refractivity contribution in [2.75, 3.05) is 13.6 Å². The number of benzene rings is 2. The molecule has 0 heterocycles. The molecule has 0 saturated heterocycles. The fraction of sp³-hybridized carbons (Fsp3) is 0.500. The van der Waals surface area contributed by atoms with Crippen LogP contribution in [-0.2, 0) is 36.9 Å². The summed E-state index contributed by atoms with van der Waals surface area (Å²) in [6.45, 7) is 8.35. The third-order valence-electron chi connectivity index (χ3n) is 6.89. The highest BCUT2D eigenvalue weighted by atomic mass is 16.6. The lowest BCUT2D eigenvalue weighted by molar-refractivity contribution is -0.136. The molecule has 0 aliphatic carbocycles. The van der Waals surface area contributed by atoms with Crippen LogP contribution in [0.1, 0.15) is 65.0 Å². The minimum absolute atomic E-state index is 0.193. The van der Waals surface area contributed by atoms with Crippen molar-refractivity contribution in [1.29, 1.82) is 0 Å². The van der Waals surface area contributed by atoms with Crippen LogP contribution in [0.2, 0.25) is 0 Å². The van der Waals surface area contributed by atoms with E-state index in [1.165, 1.54) is 13.8 Å². The van der Waals surface area contributed by atoms with E-state index < -0.39 is 53.6 Å². The van der Waals surface area contributed by atoms with Crippen molar-refractivity contribution in [3.05, 3.63) is 71.8 Å².